The van der Waals surface area contributed by atoms with Crippen LogP contribution in [0.3, 0.4) is 0 Å². The summed E-state index contributed by atoms with van der Waals surface area (Å²) in [7, 11) is 0. The zero-order valence-corrected chi connectivity index (χ0v) is 11.1. The molecule has 3 rings (SSSR count). The maximum absolute atomic E-state index is 5.91. The molecule has 0 saturated heterocycles. The van der Waals surface area contributed by atoms with Crippen molar-refractivity contribution in [1.82, 2.24) is 19.9 Å². The standard InChI is InChI=1S/C11H10ClN5S/c1-6(8-13-3-4-14-8)15-9-7-2-5-18-10(7)17-11(12)16-9/h2-6H,1H3,(H,13,14)(H,15,16,17). The molecule has 0 spiro atoms. The summed E-state index contributed by atoms with van der Waals surface area (Å²) in [6, 6.07) is 2.00. The van der Waals surface area contributed by atoms with Gasteiger partial charge in [0.15, 0.2) is 0 Å². The number of halogens is 1. The van der Waals surface area contributed by atoms with Crippen LogP contribution in [0.25, 0.3) is 10.2 Å². The Bertz CT molecular complexity index is 663. The van der Waals surface area contributed by atoms with Crippen LogP contribution < -0.4 is 5.32 Å². The number of H-pyrrole nitrogens is 1. The Labute approximate surface area is 112 Å². The summed E-state index contributed by atoms with van der Waals surface area (Å²) in [5.74, 6) is 1.59. The second-order valence-corrected chi connectivity index (χ2v) is 5.05. The first-order chi connectivity index (χ1) is 8.74. The fourth-order valence-electron chi connectivity index (χ4n) is 1.73. The van der Waals surface area contributed by atoms with Crippen molar-refractivity contribution in [3.8, 4) is 0 Å². The minimum Gasteiger partial charge on any atom is -0.360 e. The molecule has 2 N–H and O–H groups in total. The van der Waals surface area contributed by atoms with Gasteiger partial charge in [-0.1, -0.05) is 0 Å². The molecule has 0 saturated carbocycles. The maximum atomic E-state index is 5.91. The Kier molecular flexibility index (Phi) is 2.89. The van der Waals surface area contributed by atoms with Crippen molar-refractivity contribution in [3.05, 3.63) is 34.9 Å². The molecule has 5 nitrogen and oxygen atoms in total. The molecule has 0 fully saturated rings. The number of nitrogens with zero attached hydrogens (tertiary/aromatic N) is 3. The summed E-state index contributed by atoms with van der Waals surface area (Å²) in [6.45, 7) is 2.01. The third kappa shape index (κ3) is 2.04. The number of rotatable bonds is 3. The molecule has 18 heavy (non-hydrogen) atoms. The zero-order chi connectivity index (χ0) is 12.5. The van der Waals surface area contributed by atoms with Gasteiger partial charge in [0.1, 0.15) is 16.5 Å². The lowest BCUT2D eigenvalue weighted by Gasteiger charge is -2.12. The first-order valence-electron chi connectivity index (χ1n) is 5.40. The SMILES string of the molecule is CC(Nc1nc(Cl)nc2sccc12)c1ncc[nH]1. The molecule has 0 aliphatic carbocycles. The molecule has 0 amide bonds. The van der Waals surface area contributed by atoms with Crippen LogP contribution in [-0.2, 0) is 0 Å². The molecule has 3 heterocycles. The number of fused-ring (bicyclic) bond motifs is 1. The number of nitrogens with one attached hydrogen (secondary N) is 2. The smallest absolute Gasteiger partial charge is 0.225 e. The van der Waals surface area contributed by atoms with Gasteiger partial charge in [-0.3, -0.25) is 0 Å². The van der Waals surface area contributed by atoms with Crippen molar-refractivity contribution in [2.24, 2.45) is 0 Å². The Morgan fingerprint density at radius 1 is 1.44 bits per heavy atom. The number of imidazole rings is 1. The first kappa shape index (κ1) is 11.4. The predicted octanol–water partition coefficient (Wildman–Crippen LogP) is 3.24. The van der Waals surface area contributed by atoms with Crippen molar-refractivity contribution >= 4 is 39.0 Å². The Morgan fingerprint density at radius 3 is 3.11 bits per heavy atom. The van der Waals surface area contributed by atoms with Gasteiger partial charge in [0.2, 0.25) is 5.28 Å². The van der Waals surface area contributed by atoms with Gasteiger partial charge in [-0.15, -0.1) is 11.3 Å². The van der Waals surface area contributed by atoms with E-state index in [2.05, 4.69) is 25.3 Å². The topological polar surface area (TPSA) is 66.5 Å². The van der Waals surface area contributed by atoms with Crippen LogP contribution in [0.15, 0.2) is 23.8 Å². The minimum atomic E-state index is 0.0223. The molecule has 7 heteroatoms. The molecule has 92 valence electrons. The van der Waals surface area contributed by atoms with Gasteiger partial charge in [0.25, 0.3) is 0 Å². The summed E-state index contributed by atoms with van der Waals surface area (Å²) >= 11 is 7.45. The van der Waals surface area contributed by atoms with Crippen LogP contribution in [-0.4, -0.2) is 19.9 Å². The highest BCUT2D eigenvalue weighted by molar-refractivity contribution is 7.16. The first-order valence-corrected chi connectivity index (χ1v) is 6.66. The lowest BCUT2D eigenvalue weighted by atomic mass is 10.3. The number of hydrogen-bond donors (Lipinski definition) is 2. The van der Waals surface area contributed by atoms with Crippen LogP contribution in [0.2, 0.25) is 5.28 Å². The van der Waals surface area contributed by atoms with Crippen LogP contribution in [0.1, 0.15) is 18.8 Å². The summed E-state index contributed by atoms with van der Waals surface area (Å²) in [5, 5.41) is 6.49. The Balaban J connectivity index is 1.97. The lowest BCUT2D eigenvalue weighted by Crippen LogP contribution is -2.10. The second-order valence-electron chi connectivity index (χ2n) is 3.82. The molecule has 0 aliphatic rings. The monoisotopic (exact) mass is 279 g/mol. The second kappa shape index (κ2) is 4.55. The highest BCUT2D eigenvalue weighted by Gasteiger charge is 2.12. The molecule has 0 bridgehead atoms. The van der Waals surface area contributed by atoms with Gasteiger partial charge in [-0.05, 0) is 30.0 Å². The Morgan fingerprint density at radius 2 is 2.33 bits per heavy atom. The molecular weight excluding hydrogens is 270 g/mol. The van der Waals surface area contributed by atoms with Crippen LogP contribution in [0.5, 0.6) is 0 Å². The van der Waals surface area contributed by atoms with E-state index in [1.807, 2.05) is 18.4 Å². The highest BCUT2D eigenvalue weighted by Crippen LogP contribution is 2.28. The van der Waals surface area contributed by atoms with Crippen molar-refractivity contribution in [1.29, 1.82) is 0 Å². The van der Waals surface area contributed by atoms with Crippen LogP contribution >= 0.6 is 22.9 Å². The highest BCUT2D eigenvalue weighted by atomic mass is 35.5. The van der Waals surface area contributed by atoms with Crippen molar-refractivity contribution in [2.75, 3.05) is 5.32 Å². The lowest BCUT2D eigenvalue weighted by molar-refractivity contribution is 0.805. The number of thiophene rings is 1. The van der Waals surface area contributed by atoms with Crippen LogP contribution in [0.4, 0.5) is 5.82 Å². The molecule has 0 radical (unpaired) electrons. The van der Waals surface area contributed by atoms with Gasteiger partial charge in [0, 0.05) is 12.4 Å². The molecule has 0 aromatic carbocycles. The third-order valence-electron chi connectivity index (χ3n) is 2.58. The average molecular weight is 280 g/mol. The number of aromatic nitrogens is 4. The third-order valence-corrected chi connectivity index (χ3v) is 3.56. The maximum Gasteiger partial charge on any atom is 0.225 e. The van der Waals surface area contributed by atoms with Gasteiger partial charge >= 0.3 is 0 Å². The average Bonchev–Trinajstić information content (AvgIpc) is 2.98. The van der Waals surface area contributed by atoms with E-state index < -0.39 is 0 Å². The summed E-state index contributed by atoms with van der Waals surface area (Å²) in [6.07, 6.45) is 3.52. The molecule has 0 aliphatic heterocycles. The van der Waals surface area contributed by atoms with Crippen molar-refractivity contribution < 1.29 is 0 Å². The molecule has 1 atom stereocenters. The fraction of sp³-hybridized carbons (Fsp3) is 0.182. The van der Waals surface area contributed by atoms with E-state index in [0.717, 1.165) is 21.9 Å². The number of aromatic amines is 1. The van der Waals surface area contributed by atoms with Gasteiger partial charge < -0.3 is 10.3 Å². The van der Waals surface area contributed by atoms with E-state index in [-0.39, 0.29) is 11.3 Å². The van der Waals surface area contributed by atoms with E-state index in [4.69, 9.17) is 11.6 Å². The number of anilines is 1. The van der Waals surface area contributed by atoms with E-state index >= 15 is 0 Å². The quantitative estimate of drug-likeness (QED) is 0.722. The summed E-state index contributed by atoms with van der Waals surface area (Å²) < 4.78 is 0. The van der Waals surface area contributed by atoms with E-state index in [0.29, 0.717) is 0 Å². The zero-order valence-electron chi connectivity index (χ0n) is 9.51. The van der Waals surface area contributed by atoms with Crippen LogP contribution in [0, 0.1) is 0 Å². The van der Waals surface area contributed by atoms with E-state index in [1.54, 1.807) is 23.7 Å². The van der Waals surface area contributed by atoms with Crippen molar-refractivity contribution in [2.45, 2.75) is 13.0 Å². The molecular formula is C11H10ClN5S. The molecule has 3 aromatic rings. The summed E-state index contributed by atoms with van der Waals surface area (Å²) in [5.41, 5.74) is 0. The molecule has 3 aromatic heterocycles. The molecule has 1 unspecified atom stereocenters. The minimum absolute atomic E-state index is 0.0223. The fourth-order valence-corrected chi connectivity index (χ4v) is 2.71. The Hall–Kier alpha value is -1.66. The predicted molar refractivity (Wildman–Crippen MR) is 73.1 cm³/mol. The van der Waals surface area contributed by atoms with E-state index in [1.165, 1.54) is 0 Å². The normalized spacial score (nSPS) is 12.8. The summed E-state index contributed by atoms with van der Waals surface area (Å²) in [4.78, 5) is 16.6. The van der Waals surface area contributed by atoms with Gasteiger partial charge in [0.05, 0.1) is 11.4 Å². The van der Waals surface area contributed by atoms with Gasteiger partial charge in [-0.2, -0.15) is 0 Å². The van der Waals surface area contributed by atoms with E-state index in [9.17, 15) is 0 Å². The van der Waals surface area contributed by atoms with Gasteiger partial charge in [-0.25, -0.2) is 15.0 Å². The largest absolute Gasteiger partial charge is 0.360 e. The van der Waals surface area contributed by atoms with Crippen molar-refractivity contribution in [3.63, 3.8) is 0 Å². The number of hydrogen-bond acceptors (Lipinski definition) is 5.